The van der Waals surface area contributed by atoms with E-state index >= 15 is 0 Å². The van der Waals surface area contributed by atoms with Crippen LogP contribution in [0.4, 0.5) is 0 Å². The summed E-state index contributed by atoms with van der Waals surface area (Å²) >= 11 is 0. The summed E-state index contributed by atoms with van der Waals surface area (Å²) in [4.78, 5) is 33.8. The van der Waals surface area contributed by atoms with Crippen molar-refractivity contribution >= 4 is 18.1 Å². The minimum atomic E-state index is -0.747. The SMILES string of the molecule is CCNC(=O)C1=C(C)C=c2[nH]c(=Cc3ccc(-c4ccc(O)cc4)[nH]3)c(=O)n2C1c1cc(OC)ccc1OC. The Bertz CT molecular complexity index is 1760. The predicted octanol–water partition coefficient (Wildman–Crippen LogP) is 2.56. The Kier molecular flexibility index (Phi) is 6.89. The first-order valence-electron chi connectivity index (χ1n) is 12.6. The molecule has 0 aliphatic carbocycles. The minimum absolute atomic E-state index is 0.191. The van der Waals surface area contributed by atoms with Crippen LogP contribution in [0.2, 0.25) is 0 Å². The third kappa shape index (κ3) is 4.74. The van der Waals surface area contributed by atoms with Gasteiger partial charge in [0.2, 0.25) is 5.91 Å². The van der Waals surface area contributed by atoms with Gasteiger partial charge in [0.25, 0.3) is 5.56 Å². The van der Waals surface area contributed by atoms with Crippen LogP contribution >= 0.6 is 0 Å². The van der Waals surface area contributed by atoms with Crippen LogP contribution in [0, 0.1) is 0 Å². The lowest BCUT2D eigenvalue weighted by atomic mass is 9.91. The first-order valence-corrected chi connectivity index (χ1v) is 12.6. The molecule has 39 heavy (non-hydrogen) atoms. The number of nitrogens with one attached hydrogen (secondary N) is 3. The second kappa shape index (κ2) is 10.4. The third-order valence-electron chi connectivity index (χ3n) is 6.78. The molecule has 1 unspecified atom stereocenters. The van der Waals surface area contributed by atoms with E-state index in [2.05, 4.69) is 15.3 Å². The van der Waals surface area contributed by atoms with Crippen LogP contribution < -0.4 is 31.2 Å². The molecule has 4 aromatic rings. The van der Waals surface area contributed by atoms with Gasteiger partial charge in [0, 0.05) is 29.1 Å². The van der Waals surface area contributed by atoms with Gasteiger partial charge in [-0.25, -0.2) is 0 Å². The van der Waals surface area contributed by atoms with Crippen molar-refractivity contribution in [2.75, 3.05) is 20.8 Å². The summed E-state index contributed by atoms with van der Waals surface area (Å²) in [5.74, 6) is 1.05. The number of phenolic OH excluding ortho intramolecular Hbond substituents is 1. The minimum Gasteiger partial charge on any atom is -0.508 e. The number of aromatic amines is 2. The van der Waals surface area contributed by atoms with Gasteiger partial charge in [-0.1, -0.05) is 0 Å². The molecule has 1 amide bonds. The topological polar surface area (TPSA) is 121 Å². The average Bonchev–Trinajstić information content (AvgIpc) is 3.52. The smallest absolute Gasteiger partial charge is 0.276 e. The van der Waals surface area contributed by atoms with Crippen LogP contribution in [-0.2, 0) is 4.79 Å². The van der Waals surface area contributed by atoms with Crippen LogP contribution in [0.1, 0.15) is 31.1 Å². The fourth-order valence-electron chi connectivity index (χ4n) is 4.95. The zero-order chi connectivity index (χ0) is 27.7. The van der Waals surface area contributed by atoms with E-state index in [0.717, 1.165) is 22.5 Å². The maximum Gasteiger partial charge on any atom is 0.276 e. The van der Waals surface area contributed by atoms with Crippen molar-refractivity contribution in [2.24, 2.45) is 0 Å². The maximum atomic E-state index is 13.9. The largest absolute Gasteiger partial charge is 0.508 e. The van der Waals surface area contributed by atoms with Crippen molar-refractivity contribution in [1.29, 1.82) is 0 Å². The first-order chi connectivity index (χ1) is 18.8. The fourth-order valence-corrected chi connectivity index (χ4v) is 4.95. The highest BCUT2D eigenvalue weighted by Crippen LogP contribution is 2.37. The molecule has 0 bridgehead atoms. The van der Waals surface area contributed by atoms with Crippen molar-refractivity contribution in [1.82, 2.24) is 19.9 Å². The van der Waals surface area contributed by atoms with Gasteiger partial charge in [-0.2, -0.15) is 0 Å². The normalized spacial score (nSPS) is 15.1. The third-order valence-corrected chi connectivity index (χ3v) is 6.78. The van der Waals surface area contributed by atoms with Gasteiger partial charge < -0.3 is 29.9 Å². The van der Waals surface area contributed by atoms with Crippen LogP contribution in [0.5, 0.6) is 17.2 Å². The lowest BCUT2D eigenvalue weighted by Crippen LogP contribution is -2.41. The molecule has 2 aromatic carbocycles. The molecule has 0 radical (unpaired) electrons. The number of carbonyl (C=O) groups is 1. The number of allylic oxidation sites excluding steroid dienone is 1. The highest BCUT2D eigenvalue weighted by molar-refractivity contribution is 5.97. The van der Waals surface area contributed by atoms with Crippen molar-refractivity contribution in [3.63, 3.8) is 0 Å². The number of amides is 1. The highest BCUT2D eigenvalue weighted by Gasteiger charge is 2.33. The zero-order valence-corrected chi connectivity index (χ0v) is 22.2. The van der Waals surface area contributed by atoms with E-state index in [0.29, 0.717) is 40.0 Å². The molecule has 0 saturated carbocycles. The first kappa shape index (κ1) is 25.7. The van der Waals surface area contributed by atoms with E-state index in [9.17, 15) is 14.7 Å². The Balaban J connectivity index is 1.68. The quantitative estimate of drug-likeness (QED) is 0.295. The molecule has 0 spiro atoms. The van der Waals surface area contributed by atoms with Gasteiger partial charge in [0.05, 0.1) is 20.3 Å². The summed E-state index contributed by atoms with van der Waals surface area (Å²) in [5.41, 5.74) is 4.57. The van der Waals surface area contributed by atoms with Gasteiger partial charge in [0.15, 0.2) is 0 Å². The van der Waals surface area contributed by atoms with Gasteiger partial charge in [-0.15, -0.1) is 0 Å². The number of ether oxygens (including phenoxy) is 2. The number of H-pyrrole nitrogens is 2. The number of imidazole rings is 1. The number of hydrogen-bond donors (Lipinski definition) is 4. The molecule has 2 aromatic heterocycles. The van der Waals surface area contributed by atoms with E-state index in [4.69, 9.17) is 9.47 Å². The van der Waals surface area contributed by atoms with Crippen LogP contribution in [0.15, 0.2) is 70.5 Å². The molecular formula is C30H30N4O5. The number of benzene rings is 2. The molecule has 200 valence electrons. The number of aromatic nitrogens is 3. The summed E-state index contributed by atoms with van der Waals surface area (Å²) < 4.78 is 12.7. The summed E-state index contributed by atoms with van der Waals surface area (Å²) in [7, 11) is 3.12. The number of likely N-dealkylation sites (N-methyl/N-ethyl adjacent to an activating group) is 1. The Morgan fingerprint density at radius 1 is 1.08 bits per heavy atom. The lowest BCUT2D eigenvalue weighted by Gasteiger charge is -2.27. The van der Waals surface area contributed by atoms with E-state index in [1.165, 1.54) is 0 Å². The summed E-state index contributed by atoms with van der Waals surface area (Å²) in [5, 5.41) is 12.8. The summed E-state index contributed by atoms with van der Waals surface area (Å²) in [6.45, 7) is 4.16. The van der Waals surface area contributed by atoms with Crippen LogP contribution in [0.3, 0.4) is 0 Å². The molecule has 5 rings (SSSR count). The van der Waals surface area contributed by atoms with E-state index < -0.39 is 6.04 Å². The monoisotopic (exact) mass is 526 g/mol. The van der Waals surface area contributed by atoms with Crippen molar-refractivity contribution in [3.05, 3.63) is 98.2 Å². The van der Waals surface area contributed by atoms with E-state index in [1.54, 1.807) is 55.2 Å². The Labute approximate surface area is 224 Å². The van der Waals surface area contributed by atoms with Gasteiger partial charge in [-0.3, -0.25) is 14.2 Å². The number of hydrogen-bond acceptors (Lipinski definition) is 5. The second-order valence-corrected chi connectivity index (χ2v) is 9.23. The average molecular weight is 527 g/mol. The number of nitrogens with zero attached hydrogens (tertiary/aromatic N) is 1. The standard InChI is InChI=1S/C30H30N4O5/c1-5-31-29(36)27-17(2)14-26-33-24(15-19-8-12-23(32-19)18-6-9-20(35)10-7-18)30(37)34(26)28(27)22-16-21(38-3)11-13-25(22)39-4/h6-16,28,32-33,35H,5H2,1-4H3,(H,31,36). The molecular weight excluding hydrogens is 496 g/mol. The Hall–Kier alpha value is -4.92. The van der Waals surface area contributed by atoms with Crippen LogP contribution in [0.25, 0.3) is 23.4 Å². The number of phenols is 1. The Morgan fingerprint density at radius 2 is 1.85 bits per heavy atom. The van der Waals surface area contributed by atoms with Crippen molar-refractivity contribution in [2.45, 2.75) is 19.9 Å². The molecule has 0 fully saturated rings. The van der Waals surface area contributed by atoms with Gasteiger partial charge >= 0.3 is 0 Å². The number of rotatable bonds is 7. The Morgan fingerprint density at radius 3 is 2.54 bits per heavy atom. The number of carbonyl (C=O) groups excluding carboxylic acids is 1. The van der Waals surface area contributed by atoms with E-state index in [1.807, 2.05) is 44.2 Å². The van der Waals surface area contributed by atoms with E-state index in [-0.39, 0.29) is 17.2 Å². The molecule has 3 heterocycles. The second-order valence-electron chi connectivity index (χ2n) is 9.23. The highest BCUT2D eigenvalue weighted by atomic mass is 16.5. The van der Waals surface area contributed by atoms with Crippen molar-refractivity contribution < 1.29 is 19.4 Å². The lowest BCUT2D eigenvalue weighted by molar-refractivity contribution is -0.117. The fraction of sp³-hybridized carbons (Fsp3) is 0.200. The van der Waals surface area contributed by atoms with Crippen LogP contribution in [-0.4, -0.2) is 46.3 Å². The zero-order valence-electron chi connectivity index (χ0n) is 22.2. The number of aromatic hydroxyl groups is 1. The van der Waals surface area contributed by atoms with Gasteiger partial charge in [0.1, 0.15) is 28.1 Å². The van der Waals surface area contributed by atoms with Gasteiger partial charge in [-0.05, 0) is 91.7 Å². The predicted molar refractivity (Wildman–Crippen MR) is 149 cm³/mol. The molecule has 1 aliphatic heterocycles. The molecule has 1 atom stereocenters. The number of fused-ring (bicyclic) bond motifs is 1. The molecule has 9 heteroatoms. The summed E-state index contributed by atoms with van der Waals surface area (Å²) in [6, 6.07) is 15.2. The maximum absolute atomic E-state index is 13.9. The molecule has 0 saturated heterocycles. The molecule has 9 nitrogen and oxygen atoms in total. The molecule has 4 N–H and O–H groups in total. The number of methoxy groups -OCH3 is 2. The molecule has 1 aliphatic rings. The summed E-state index contributed by atoms with van der Waals surface area (Å²) in [6.07, 6.45) is 3.55. The van der Waals surface area contributed by atoms with Crippen molar-refractivity contribution in [3.8, 4) is 28.5 Å².